The third-order valence-corrected chi connectivity index (χ3v) is 2.79. The molecule has 0 saturated carbocycles. The van der Waals surface area contributed by atoms with Crippen LogP contribution in [0.5, 0.6) is 5.75 Å². The van der Waals surface area contributed by atoms with Gasteiger partial charge in [-0.1, -0.05) is 19.1 Å². The zero-order valence-electron chi connectivity index (χ0n) is 8.59. The monoisotopic (exact) mass is 190 g/mol. The van der Waals surface area contributed by atoms with E-state index < -0.39 is 0 Å². The molecule has 0 radical (unpaired) electrons. The molecule has 74 valence electrons. The average molecular weight is 190 g/mol. The molecule has 2 rings (SSSR count). The number of aryl methyl sites for hydroxylation is 2. The molecule has 1 aromatic carbocycles. The molecule has 0 spiro atoms. The molecule has 0 N–H and O–H groups in total. The maximum absolute atomic E-state index is 11.2. The van der Waals surface area contributed by atoms with Gasteiger partial charge >= 0.3 is 5.97 Å². The van der Waals surface area contributed by atoms with Crippen LogP contribution in [0.25, 0.3) is 0 Å². The number of rotatable bonds is 1. The van der Waals surface area contributed by atoms with E-state index in [1.54, 1.807) is 0 Å². The summed E-state index contributed by atoms with van der Waals surface area (Å²) in [6.45, 7) is 4.13. The smallest absolute Gasteiger partial charge is 0.311 e. The van der Waals surface area contributed by atoms with Crippen molar-refractivity contribution in [2.75, 3.05) is 0 Å². The molecule has 1 heterocycles. The molecule has 0 unspecified atom stereocenters. The fourth-order valence-electron chi connectivity index (χ4n) is 1.91. The Hall–Kier alpha value is -1.31. The summed E-state index contributed by atoms with van der Waals surface area (Å²) in [7, 11) is 0. The van der Waals surface area contributed by atoms with Gasteiger partial charge in [0.2, 0.25) is 0 Å². The lowest BCUT2D eigenvalue weighted by atomic mass is 9.97. The first-order valence-electron chi connectivity index (χ1n) is 5.04. The minimum atomic E-state index is -0.103. The van der Waals surface area contributed by atoms with Gasteiger partial charge in [-0.25, -0.2) is 0 Å². The Morgan fingerprint density at radius 3 is 2.86 bits per heavy atom. The van der Waals surface area contributed by atoms with Crippen molar-refractivity contribution >= 4 is 5.97 Å². The molecule has 1 aliphatic rings. The van der Waals surface area contributed by atoms with Gasteiger partial charge in [0.05, 0.1) is 6.42 Å². The molecule has 2 nitrogen and oxygen atoms in total. The van der Waals surface area contributed by atoms with E-state index >= 15 is 0 Å². The Balaban J connectivity index is 2.50. The van der Waals surface area contributed by atoms with Crippen molar-refractivity contribution in [2.24, 2.45) is 0 Å². The van der Waals surface area contributed by atoms with Crippen LogP contribution in [0, 0.1) is 6.92 Å². The Labute approximate surface area is 83.9 Å². The third kappa shape index (κ3) is 1.41. The van der Waals surface area contributed by atoms with Crippen LogP contribution in [0.1, 0.15) is 30.0 Å². The summed E-state index contributed by atoms with van der Waals surface area (Å²) in [5.41, 5.74) is 3.55. The van der Waals surface area contributed by atoms with Gasteiger partial charge in [-0.3, -0.25) is 4.79 Å². The van der Waals surface area contributed by atoms with Crippen molar-refractivity contribution in [3.8, 4) is 5.75 Å². The van der Waals surface area contributed by atoms with E-state index in [0.717, 1.165) is 24.2 Å². The maximum Gasteiger partial charge on any atom is 0.311 e. The summed E-state index contributed by atoms with van der Waals surface area (Å²) in [5, 5.41) is 0. The van der Waals surface area contributed by atoms with Crippen molar-refractivity contribution in [2.45, 2.75) is 33.1 Å². The van der Waals surface area contributed by atoms with Crippen molar-refractivity contribution in [3.63, 3.8) is 0 Å². The number of esters is 1. The Bertz CT molecular complexity index is 380. The van der Waals surface area contributed by atoms with Crippen LogP contribution in [-0.4, -0.2) is 5.97 Å². The highest BCUT2D eigenvalue weighted by molar-refractivity contribution is 5.76. The van der Waals surface area contributed by atoms with Gasteiger partial charge in [0.15, 0.2) is 0 Å². The normalized spacial score (nSPS) is 14.9. The minimum Gasteiger partial charge on any atom is -0.426 e. The Morgan fingerprint density at radius 1 is 1.36 bits per heavy atom. The number of hydrogen-bond donors (Lipinski definition) is 0. The fourth-order valence-corrected chi connectivity index (χ4v) is 1.91. The van der Waals surface area contributed by atoms with Crippen LogP contribution in [0.4, 0.5) is 0 Å². The summed E-state index contributed by atoms with van der Waals surface area (Å²) >= 11 is 0. The zero-order chi connectivity index (χ0) is 10.1. The first kappa shape index (κ1) is 9.25. The van der Waals surface area contributed by atoms with E-state index in [4.69, 9.17) is 4.74 Å². The standard InChI is InChI=1S/C12H14O2/c1-3-9-4-5-10-6-7-11(13)14-12(10)8(9)2/h4-5H,3,6-7H2,1-2H3. The van der Waals surface area contributed by atoms with Crippen molar-refractivity contribution in [1.82, 2.24) is 0 Å². The second-order valence-electron chi connectivity index (χ2n) is 3.67. The highest BCUT2D eigenvalue weighted by Gasteiger charge is 2.19. The highest BCUT2D eigenvalue weighted by atomic mass is 16.5. The highest BCUT2D eigenvalue weighted by Crippen LogP contribution is 2.31. The molecule has 1 aliphatic heterocycles. The van der Waals surface area contributed by atoms with Gasteiger partial charge in [0.25, 0.3) is 0 Å². The molecule has 0 fully saturated rings. The lowest BCUT2D eigenvalue weighted by molar-refractivity contribution is -0.135. The molecule has 2 heteroatoms. The van der Waals surface area contributed by atoms with E-state index in [-0.39, 0.29) is 5.97 Å². The van der Waals surface area contributed by atoms with E-state index in [1.165, 1.54) is 11.1 Å². The molecule has 0 aromatic heterocycles. The topological polar surface area (TPSA) is 26.3 Å². The number of ether oxygens (including phenoxy) is 1. The number of carbonyl (C=O) groups excluding carboxylic acids is 1. The lowest BCUT2D eigenvalue weighted by Gasteiger charge is -2.19. The van der Waals surface area contributed by atoms with Gasteiger partial charge in [0.1, 0.15) is 5.75 Å². The number of benzene rings is 1. The van der Waals surface area contributed by atoms with Crippen molar-refractivity contribution < 1.29 is 9.53 Å². The predicted molar refractivity (Wildman–Crippen MR) is 54.5 cm³/mol. The van der Waals surface area contributed by atoms with E-state index in [0.29, 0.717) is 6.42 Å². The molecule has 0 atom stereocenters. The summed E-state index contributed by atoms with van der Waals surface area (Å²) < 4.78 is 5.27. The lowest BCUT2D eigenvalue weighted by Crippen LogP contribution is -2.17. The minimum absolute atomic E-state index is 0.103. The van der Waals surface area contributed by atoms with Crippen LogP contribution in [0.15, 0.2) is 12.1 Å². The van der Waals surface area contributed by atoms with Crippen LogP contribution in [0.2, 0.25) is 0 Å². The molecule has 14 heavy (non-hydrogen) atoms. The van der Waals surface area contributed by atoms with Gasteiger partial charge in [-0.15, -0.1) is 0 Å². The van der Waals surface area contributed by atoms with Crippen LogP contribution in [-0.2, 0) is 17.6 Å². The number of fused-ring (bicyclic) bond motifs is 1. The molecule has 1 aromatic rings. The summed E-state index contributed by atoms with van der Waals surface area (Å²) in [6, 6.07) is 4.21. The summed E-state index contributed by atoms with van der Waals surface area (Å²) in [5.74, 6) is 0.703. The number of hydrogen-bond acceptors (Lipinski definition) is 2. The molecule has 0 bridgehead atoms. The number of carbonyl (C=O) groups is 1. The van der Waals surface area contributed by atoms with E-state index in [9.17, 15) is 4.79 Å². The second kappa shape index (κ2) is 3.45. The van der Waals surface area contributed by atoms with Gasteiger partial charge in [-0.05, 0) is 36.5 Å². The van der Waals surface area contributed by atoms with Gasteiger partial charge in [-0.2, -0.15) is 0 Å². The van der Waals surface area contributed by atoms with Crippen molar-refractivity contribution in [1.29, 1.82) is 0 Å². The van der Waals surface area contributed by atoms with E-state index in [1.807, 2.05) is 6.92 Å². The first-order valence-corrected chi connectivity index (χ1v) is 5.04. The van der Waals surface area contributed by atoms with Crippen molar-refractivity contribution in [3.05, 3.63) is 28.8 Å². The Kier molecular flexibility index (Phi) is 2.28. The quantitative estimate of drug-likeness (QED) is 0.502. The molecule has 0 aliphatic carbocycles. The first-order chi connectivity index (χ1) is 6.72. The summed E-state index contributed by atoms with van der Waals surface area (Å²) in [4.78, 5) is 11.2. The molecular formula is C12H14O2. The SMILES string of the molecule is CCc1ccc2c(c1C)OC(=O)CC2. The van der Waals surface area contributed by atoms with Gasteiger partial charge in [0, 0.05) is 0 Å². The third-order valence-electron chi connectivity index (χ3n) is 2.79. The van der Waals surface area contributed by atoms with E-state index in [2.05, 4.69) is 19.1 Å². The maximum atomic E-state index is 11.2. The summed E-state index contributed by atoms with van der Waals surface area (Å²) in [6.07, 6.45) is 2.31. The Morgan fingerprint density at radius 2 is 2.14 bits per heavy atom. The largest absolute Gasteiger partial charge is 0.426 e. The van der Waals surface area contributed by atoms with Crippen LogP contribution >= 0.6 is 0 Å². The molecule has 0 amide bonds. The average Bonchev–Trinajstić information content (AvgIpc) is 2.20. The predicted octanol–water partition coefficient (Wildman–Crippen LogP) is 2.41. The second-order valence-corrected chi connectivity index (χ2v) is 3.67. The molecule has 0 saturated heterocycles. The fraction of sp³-hybridized carbons (Fsp3) is 0.417. The van der Waals surface area contributed by atoms with Crippen LogP contribution in [0.3, 0.4) is 0 Å². The molecular weight excluding hydrogens is 176 g/mol. The van der Waals surface area contributed by atoms with Gasteiger partial charge < -0.3 is 4.74 Å². The zero-order valence-corrected chi connectivity index (χ0v) is 8.59. The van der Waals surface area contributed by atoms with Crippen LogP contribution < -0.4 is 4.74 Å².